The van der Waals surface area contributed by atoms with Crippen LogP contribution in [-0.4, -0.2) is 16.0 Å². The van der Waals surface area contributed by atoms with E-state index in [2.05, 4.69) is 10.3 Å². The van der Waals surface area contributed by atoms with Crippen LogP contribution in [0.1, 0.15) is 16.7 Å². The van der Waals surface area contributed by atoms with Crippen LogP contribution in [0.2, 0.25) is 0 Å². The van der Waals surface area contributed by atoms with E-state index in [0.717, 1.165) is 16.8 Å². The first-order valence-corrected chi connectivity index (χ1v) is 8.36. The summed E-state index contributed by atoms with van der Waals surface area (Å²) in [7, 11) is 0. The van der Waals surface area contributed by atoms with E-state index in [0.29, 0.717) is 15.6 Å². The zero-order chi connectivity index (χ0) is 18.0. The summed E-state index contributed by atoms with van der Waals surface area (Å²) in [5, 5.41) is 14.3. The minimum Gasteiger partial charge on any atom is -0.300 e. The number of rotatable bonds is 3. The van der Waals surface area contributed by atoms with Gasteiger partial charge in [-0.2, -0.15) is 0 Å². The Labute approximate surface area is 148 Å². The molecular formula is C18H15N3O3S. The molecule has 7 heteroatoms. The van der Waals surface area contributed by atoms with Gasteiger partial charge >= 0.3 is 0 Å². The van der Waals surface area contributed by atoms with Crippen LogP contribution < -0.4 is 5.32 Å². The third-order valence-corrected chi connectivity index (χ3v) is 4.57. The largest absolute Gasteiger partial charge is 0.300 e. The van der Waals surface area contributed by atoms with Crippen LogP contribution in [0.25, 0.3) is 6.08 Å². The van der Waals surface area contributed by atoms with Crippen LogP contribution in [0, 0.1) is 24.0 Å². The summed E-state index contributed by atoms with van der Waals surface area (Å²) >= 11 is 1.17. The second kappa shape index (κ2) is 6.90. The van der Waals surface area contributed by atoms with Gasteiger partial charge in [0.05, 0.1) is 21.1 Å². The first-order chi connectivity index (χ1) is 11.9. The summed E-state index contributed by atoms with van der Waals surface area (Å²) < 4.78 is 0. The van der Waals surface area contributed by atoms with Crippen molar-refractivity contribution in [3.8, 4) is 0 Å². The first kappa shape index (κ1) is 16.9. The van der Waals surface area contributed by atoms with Gasteiger partial charge in [0.1, 0.15) is 0 Å². The van der Waals surface area contributed by atoms with Gasteiger partial charge in [0.25, 0.3) is 11.6 Å². The molecule has 0 saturated carbocycles. The molecule has 0 atom stereocenters. The molecule has 1 fully saturated rings. The number of carbonyl (C=O) groups is 1. The van der Waals surface area contributed by atoms with Crippen molar-refractivity contribution in [3.63, 3.8) is 0 Å². The van der Waals surface area contributed by atoms with Gasteiger partial charge in [-0.05, 0) is 54.9 Å². The van der Waals surface area contributed by atoms with E-state index in [1.54, 1.807) is 18.2 Å². The maximum absolute atomic E-state index is 12.2. The Balaban J connectivity index is 1.92. The van der Waals surface area contributed by atoms with Crippen LogP contribution in [-0.2, 0) is 4.79 Å². The highest BCUT2D eigenvalue weighted by molar-refractivity contribution is 8.18. The quantitative estimate of drug-likeness (QED) is 0.511. The number of amides is 1. The number of amidine groups is 1. The number of hydrogen-bond acceptors (Lipinski definition) is 5. The number of thioether (sulfide) groups is 1. The Morgan fingerprint density at radius 1 is 1.20 bits per heavy atom. The van der Waals surface area contributed by atoms with Crippen molar-refractivity contribution in [1.29, 1.82) is 0 Å². The third kappa shape index (κ3) is 3.77. The Bertz CT molecular complexity index is 935. The molecule has 0 radical (unpaired) electrons. The third-order valence-electron chi connectivity index (χ3n) is 3.66. The van der Waals surface area contributed by atoms with Crippen LogP contribution in [0.5, 0.6) is 0 Å². The monoisotopic (exact) mass is 353 g/mol. The molecule has 2 aromatic rings. The van der Waals surface area contributed by atoms with Crippen molar-refractivity contribution in [2.24, 2.45) is 4.99 Å². The predicted molar refractivity (Wildman–Crippen MR) is 99.8 cm³/mol. The normalized spacial score (nSPS) is 17.1. The number of para-hydroxylation sites is 1. The van der Waals surface area contributed by atoms with Crippen LogP contribution in [0.3, 0.4) is 0 Å². The fourth-order valence-corrected chi connectivity index (χ4v) is 3.17. The van der Waals surface area contributed by atoms with Crippen molar-refractivity contribution in [3.05, 3.63) is 74.2 Å². The van der Waals surface area contributed by atoms with Crippen molar-refractivity contribution in [2.75, 3.05) is 0 Å². The van der Waals surface area contributed by atoms with Gasteiger partial charge in [0, 0.05) is 6.07 Å². The maximum atomic E-state index is 12.2. The summed E-state index contributed by atoms with van der Waals surface area (Å²) in [5.74, 6) is -0.313. The smallest absolute Gasteiger partial charge is 0.276 e. The predicted octanol–water partition coefficient (Wildman–Crippen LogP) is 4.10. The number of nitrogens with zero attached hydrogens (tertiary/aromatic N) is 2. The van der Waals surface area contributed by atoms with Gasteiger partial charge in [0.15, 0.2) is 5.17 Å². The lowest BCUT2D eigenvalue weighted by Crippen LogP contribution is -2.19. The Kier molecular flexibility index (Phi) is 4.67. The van der Waals surface area contributed by atoms with Crippen molar-refractivity contribution < 1.29 is 9.72 Å². The number of nitro benzene ring substituents is 1. The van der Waals surface area contributed by atoms with Crippen molar-refractivity contribution in [2.45, 2.75) is 13.8 Å². The molecule has 3 rings (SSSR count). The Hall–Kier alpha value is -2.93. The lowest BCUT2D eigenvalue weighted by Gasteiger charge is -2.02. The molecule has 0 bridgehead atoms. The highest BCUT2D eigenvalue weighted by Crippen LogP contribution is 2.31. The molecule has 6 nitrogen and oxygen atoms in total. The van der Waals surface area contributed by atoms with E-state index in [1.807, 2.05) is 32.0 Å². The number of hydrogen-bond donors (Lipinski definition) is 1. The lowest BCUT2D eigenvalue weighted by atomic mass is 10.1. The molecule has 25 heavy (non-hydrogen) atoms. The summed E-state index contributed by atoms with van der Waals surface area (Å²) in [6, 6.07) is 12.2. The molecule has 0 unspecified atom stereocenters. The fourth-order valence-electron chi connectivity index (χ4n) is 2.35. The first-order valence-electron chi connectivity index (χ1n) is 7.54. The molecule has 1 saturated heterocycles. The molecule has 2 aromatic carbocycles. The molecular weight excluding hydrogens is 338 g/mol. The van der Waals surface area contributed by atoms with Crippen LogP contribution in [0.4, 0.5) is 11.4 Å². The molecule has 0 aromatic heterocycles. The standard InChI is InChI=1S/C18H15N3O3S/c1-11-7-8-12(2)14(9-11)19-18-20-17(22)16(25-18)10-13-5-3-4-6-15(13)21(23)24/h3-10H,1-2H3,(H,19,20,22)/b16-10-. The summed E-state index contributed by atoms with van der Waals surface area (Å²) in [5.41, 5.74) is 3.22. The van der Waals surface area contributed by atoms with E-state index in [9.17, 15) is 14.9 Å². The van der Waals surface area contributed by atoms with E-state index < -0.39 is 4.92 Å². The molecule has 1 aliphatic rings. The minimum absolute atomic E-state index is 0.0386. The topological polar surface area (TPSA) is 84.6 Å². The molecule has 1 N–H and O–H groups in total. The van der Waals surface area contributed by atoms with Crippen LogP contribution in [0.15, 0.2) is 52.4 Å². The van der Waals surface area contributed by atoms with E-state index in [4.69, 9.17) is 0 Å². The molecule has 1 amide bonds. The van der Waals surface area contributed by atoms with Crippen LogP contribution >= 0.6 is 11.8 Å². The average molecular weight is 353 g/mol. The lowest BCUT2D eigenvalue weighted by molar-refractivity contribution is -0.385. The summed E-state index contributed by atoms with van der Waals surface area (Å²) in [6.07, 6.45) is 1.52. The van der Waals surface area contributed by atoms with Gasteiger partial charge in [0.2, 0.25) is 0 Å². The minimum atomic E-state index is -0.463. The van der Waals surface area contributed by atoms with Crippen molar-refractivity contribution in [1.82, 2.24) is 5.32 Å². The van der Waals surface area contributed by atoms with Gasteiger partial charge in [-0.25, -0.2) is 4.99 Å². The zero-order valence-corrected chi connectivity index (χ0v) is 14.5. The fraction of sp³-hybridized carbons (Fsp3) is 0.111. The summed E-state index contributed by atoms with van der Waals surface area (Å²) in [4.78, 5) is 27.7. The highest BCUT2D eigenvalue weighted by atomic mass is 32.2. The molecule has 1 heterocycles. The number of carbonyl (C=O) groups excluding carboxylic acids is 1. The van der Waals surface area contributed by atoms with Gasteiger partial charge < -0.3 is 5.32 Å². The Morgan fingerprint density at radius 3 is 2.72 bits per heavy atom. The Morgan fingerprint density at radius 2 is 1.96 bits per heavy atom. The second-order valence-corrected chi connectivity index (χ2v) is 6.62. The number of nitro groups is 1. The molecule has 0 aliphatic carbocycles. The van der Waals surface area contributed by atoms with E-state index >= 15 is 0 Å². The van der Waals surface area contributed by atoms with Gasteiger partial charge in [-0.1, -0.05) is 24.3 Å². The SMILES string of the molecule is Cc1ccc(C)c(N=C2NC(=O)/C(=C/c3ccccc3[N+](=O)[O-])S2)c1. The van der Waals surface area contributed by atoms with Crippen molar-refractivity contribution >= 4 is 40.3 Å². The summed E-state index contributed by atoms with van der Waals surface area (Å²) in [6.45, 7) is 3.92. The zero-order valence-electron chi connectivity index (χ0n) is 13.6. The maximum Gasteiger partial charge on any atom is 0.276 e. The van der Waals surface area contributed by atoms with Gasteiger partial charge in [-0.3, -0.25) is 14.9 Å². The number of benzene rings is 2. The number of aliphatic imine (C=N–C) groups is 1. The number of aryl methyl sites for hydroxylation is 2. The number of nitrogens with one attached hydrogen (secondary N) is 1. The highest BCUT2D eigenvalue weighted by Gasteiger charge is 2.25. The average Bonchev–Trinajstić information content (AvgIpc) is 2.91. The second-order valence-electron chi connectivity index (χ2n) is 5.59. The molecule has 126 valence electrons. The molecule has 0 spiro atoms. The van der Waals surface area contributed by atoms with Gasteiger partial charge in [-0.15, -0.1) is 0 Å². The molecule has 1 aliphatic heterocycles. The van der Waals surface area contributed by atoms with E-state index in [1.165, 1.54) is 23.9 Å². The van der Waals surface area contributed by atoms with E-state index in [-0.39, 0.29) is 11.6 Å².